The third-order valence-corrected chi connectivity index (χ3v) is 4.07. The highest BCUT2D eigenvalue weighted by molar-refractivity contribution is 5.77. The molecule has 0 radical (unpaired) electrons. The van der Waals surface area contributed by atoms with E-state index in [1.54, 1.807) is 26.1 Å². The largest absolute Gasteiger partial charge is 0.385 e. The first-order valence-electron chi connectivity index (χ1n) is 6.65. The van der Waals surface area contributed by atoms with Crippen molar-refractivity contribution in [1.29, 1.82) is 0 Å². The van der Waals surface area contributed by atoms with E-state index in [9.17, 15) is 4.79 Å². The number of methoxy groups -OCH3 is 1. The highest BCUT2D eigenvalue weighted by atomic mass is 16.5. The summed E-state index contributed by atoms with van der Waals surface area (Å²) < 4.78 is 11.0. The molecule has 2 fully saturated rings. The van der Waals surface area contributed by atoms with Gasteiger partial charge in [-0.15, -0.1) is 0 Å². The first kappa shape index (κ1) is 13.8. The fraction of sp³-hybridized carbons (Fsp3) is 0.923. The summed E-state index contributed by atoms with van der Waals surface area (Å²) in [5.41, 5.74) is 0. The van der Waals surface area contributed by atoms with Crippen LogP contribution in [0.2, 0.25) is 0 Å². The molecule has 0 aromatic heterocycles. The predicted octanol–water partition coefficient (Wildman–Crippen LogP) is 0.0579. The van der Waals surface area contributed by atoms with Gasteiger partial charge in [-0.3, -0.25) is 9.69 Å². The molecule has 0 bridgehead atoms. The molecule has 2 heterocycles. The van der Waals surface area contributed by atoms with Crippen molar-refractivity contribution in [3.8, 4) is 0 Å². The number of carbonyl (C=O) groups excluding carboxylic acids is 1. The van der Waals surface area contributed by atoms with Crippen LogP contribution in [0.3, 0.4) is 0 Å². The molecule has 0 aromatic carbocycles. The van der Waals surface area contributed by atoms with Crippen molar-refractivity contribution >= 4 is 5.91 Å². The standard InChI is InChI=1S/C13H24N2O3/c1-14(2)13(16)8-15-6-11-10(4-5-17-3)9-18-12(11)7-15/h10-12H,4-9H2,1-3H3/t10-,11-,12-/m0/s1. The summed E-state index contributed by atoms with van der Waals surface area (Å²) in [6.45, 7) is 4.05. The summed E-state index contributed by atoms with van der Waals surface area (Å²) in [4.78, 5) is 15.6. The van der Waals surface area contributed by atoms with Crippen LogP contribution in [0.25, 0.3) is 0 Å². The molecule has 2 aliphatic rings. The van der Waals surface area contributed by atoms with Gasteiger partial charge in [0.15, 0.2) is 0 Å². The van der Waals surface area contributed by atoms with Gasteiger partial charge in [0.2, 0.25) is 5.91 Å². The maximum atomic E-state index is 11.7. The molecule has 1 amide bonds. The summed E-state index contributed by atoms with van der Waals surface area (Å²) in [6.07, 6.45) is 1.38. The normalized spacial score (nSPS) is 31.6. The number of nitrogens with zero attached hydrogens (tertiary/aromatic N) is 2. The minimum absolute atomic E-state index is 0.170. The average Bonchev–Trinajstić information content (AvgIpc) is 2.86. The molecule has 2 saturated heterocycles. The van der Waals surface area contributed by atoms with Gasteiger partial charge in [0.1, 0.15) is 0 Å². The maximum Gasteiger partial charge on any atom is 0.236 e. The Hall–Kier alpha value is -0.650. The summed E-state index contributed by atoms with van der Waals surface area (Å²) >= 11 is 0. The predicted molar refractivity (Wildman–Crippen MR) is 68.3 cm³/mol. The van der Waals surface area contributed by atoms with E-state index in [-0.39, 0.29) is 5.91 Å². The number of ether oxygens (including phenoxy) is 2. The fourth-order valence-electron chi connectivity index (χ4n) is 2.91. The molecule has 2 aliphatic heterocycles. The van der Waals surface area contributed by atoms with Crippen molar-refractivity contribution in [2.24, 2.45) is 11.8 Å². The van der Waals surface area contributed by atoms with Gasteiger partial charge >= 0.3 is 0 Å². The van der Waals surface area contributed by atoms with Crippen molar-refractivity contribution < 1.29 is 14.3 Å². The van der Waals surface area contributed by atoms with Crippen LogP contribution < -0.4 is 0 Å². The average molecular weight is 256 g/mol. The van der Waals surface area contributed by atoms with Crippen LogP contribution in [-0.2, 0) is 14.3 Å². The first-order chi connectivity index (χ1) is 8.61. The lowest BCUT2D eigenvalue weighted by atomic mass is 9.91. The van der Waals surface area contributed by atoms with Crippen LogP contribution in [0, 0.1) is 11.8 Å². The van der Waals surface area contributed by atoms with Gasteiger partial charge in [0.25, 0.3) is 0 Å². The topological polar surface area (TPSA) is 42.0 Å². The van der Waals surface area contributed by atoms with Gasteiger partial charge in [-0.1, -0.05) is 0 Å². The number of rotatable bonds is 5. The van der Waals surface area contributed by atoms with E-state index < -0.39 is 0 Å². The second-order valence-electron chi connectivity index (χ2n) is 5.56. The second kappa shape index (κ2) is 5.99. The molecule has 0 aromatic rings. The quantitative estimate of drug-likeness (QED) is 0.697. The highest BCUT2D eigenvalue weighted by Gasteiger charge is 2.43. The fourth-order valence-corrected chi connectivity index (χ4v) is 2.91. The molecule has 0 aliphatic carbocycles. The number of amides is 1. The van der Waals surface area contributed by atoms with Gasteiger partial charge in [0, 0.05) is 46.8 Å². The van der Waals surface area contributed by atoms with E-state index >= 15 is 0 Å². The number of fused-ring (bicyclic) bond motifs is 1. The van der Waals surface area contributed by atoms with Gasteiger partial charge in [0.05, 0.1) is 19.3 Å². The molecule has 0 spiro atoms. The number of hydrogen-bond acceptors (Lipinski definition) is 4. The van der Waals surface area contributed by atoms with Crippen LogP contribution in [0.4, 0.5) is 0 Å². The Bertz CT molecular complexity index is 296. The van der Waals surface area contributed by atoms with Gasteiger partial charge in [-0.2, -0.15) is 0 Å². The molecule has 0 unspecified atom stereocenters. The third kappa shape index (κ3) is 3.02. The molecular weight excluding hydrogens is 232 g/mol. The molecule has 2 rings (SSSR count). The van der Waals surface area contributed by atoms with E-state index in [0.717, 1.165) is 32.7 Å². The molecule has 18 heavy (non-hydrogen) atoms. The Labute approximate surface area is 109 Å². The maximum absolute atomic E-state index is 11.7. The third-order valence-electron chi connectivity index (χ3n) is 4.07. The van der Waals surface area contributed by atoms with Gasteiger partial charge in [-0.05, 0) is 12.3 Å². The Balaban J connectivity index is 1.82. The van der Waals surface area contributed by atoms with E-state index in [0.29, 0.717) is 24.5 Å². The lowest BCUT2D eigenvalue weighted by molar-refractivity contribution is -0.129. The van der Waals surface area contributed by atoms with Crippen LogP contribution in [0.15, 0.2) is 0 Å². The van der Waals surface area contributed by atoms with Crippen LogP contribution in [0.5, 0.6) is 0 Å². The summed E-state index contributed by atoms with van der Waals surface area (Å²) in [5.74, 6) is 1.34. The Morgan fingerprint density at radius 2 is 2.22 bits per heavy atom. The molecule has 3 atom stereocenters. The summed E-state index contributed by atoms with van der Waals surface area (Å²) in [7, 11) is 5.35. The molecule has 5 nitrogen and oxygen atoms in total. The lowest BCUT2D eigenvalue weighted by Crippen LogP contribution is -2.36. The Morgan fingerprint density at radius 1 is 1.44 bits per heavy atom. The van der Waals surface area contributed by atoms with Crippen LogP contribution in [-0.4, -0.2) is 75.9 Å². The molecule has 104 valence electrons. The number of hydrogen-bond donors (Lipinski definition) is 0. The molecule has 5 heteroatoms. The number of carbonyl (C=O) groups is 1. The number of likely N-dealkylation sites (N-methyl/N-ethyl adjacent to an activating group) is 1. The SMILES string of the molecule is COCC[C@H]1CO[C@H]2CN(CC(=O)N(C)C)C[C@@H]12. The first-order valence-corrected chi connectivity index (χ1v) is 6.65. The smallest absolute Gasteiger partial charge is 0.236 e. The zero-order valence-electron chi connectivity index (χ0n) is 11.6. The summed E-state index contributed by atoms with van der Waals surface area (Å²) in [5, 5.41) is 0. The highest BCUT2D eigenvalue weighted by Crippen LogP contribution is 2.35. The molecular formula is C13H24N2O3. The minimum Gasteiger partial charge on any atom is -0.385 e. The number of likely N-dealkylation sites (tertiary alicyclic amines) is 1. The lowest BCUT2D eigenvalue weighted by Gasteiger charge is -2.20. The van der Waals surface area contributed by atoms with E-state index in [2.05, 4.69) is 4.90 Å². The van der Waals surface area contributed by atoms with E-state index in [1.807, 2.05) is 0 Å². The molecule has 0 N–H and O–H groups in total. The zero-order chi connectivity index (χ0) is 13.1. The van der Waals surface area contributed by atoms with Gasteiger partial charge < -0.3 is 14.4 Å². The minimum atomic E-state index is 0.170. The van der Waals surface area contributed by atoms with Crippen LogP contribution in [0.1, 0.15) is 6.42 Å². The Kier molecular flexibility index (Phi) is 4.59. The van der Waals surface area contributed by atoms with Crippen molar-refractivity contribution in [3.63, 3.8) is 0 Å². The van der Waals surface area contributed by atoms with Crippen molar-refractivity contribution in [3.05, 3.63) is 0 Å². The zero-order valence-corrected chi connectivity index (χ0v) is 11.6. The van der Waals surface area contributed by atoms with Gasteiger partial charge in [-0.25, -0.2) is 0 Å². The van der Waals surface area contributed by atoms with E-state index in [1.165, 1.54) is 0 Å². The van der Waals surface area contributed by atoms with Crippen molar-refractivity contribution in [2.45, 2.75) is 12.5 Å². The van der Waals surface area contributed by atoms with Crippen molar-refractivity contribution in [1.82, 2.24) is 9.80 Å². The van der Waals surface area contributed by atoms with Crippen molar-refractivity contribution in [2.75, 3.05) is 54.1 Å². The van der Waals surface area contributed by atoms with E-state index in [4.69, 9.17) is 9.47 Å². The monoisotopic (exact) mass is 256 g/mol. The summed E-state index contributed by atoms with van der Waals surface area (Å²) in [6, 6.07) is 0. The molecule has 0 saturated carbocycles. The van der Waals surface area contributed by atoms with Crippen LogP contribution >= 0.6 is 0 Å². The second-order valence-corrected chi connectivity index (χ2v) is 5.56. The Morgan fingerprint density at radius 3 is 2.89 bits per heavy atom.